The van der Waals surface area contributed by atoms with Crippen LogP contribution in [-0.4, -0.2) is 31.6 Å². The van der Waals surface area contributed by atoms with E-state index in [1.165, 1.54) is 0 Å². The minimum Gasteiger partial charge on any atom is -0.486 e. The van der Waals surface area contributed by atoms with E-state index in [2.05, 4.69) is 5.32 Å². The van der Waals surface area contributed by atoms with Crippen molar-refractivity contribution in [3.8, 4) is 11.5 Å². The number of amides is 2. The molecule has 0 bridgehead atoms. The van der Waals surface area contributed by atoms with Crippen LogP contribution in [0.3, 0.4) is 0 Å². The molecule has 1 saturated heterocycles. The predicted octanol–water partition coefficient (Wildman–Crippen LogP) is 3.07. The molecule has 1 unspecified atom stereocenters. The van der Waals surface area contributed by atoms with E-state index in [1.54, 1.807) is 17.0 Å². The Morgan fingerprint density at radius 3 is 2.70 bits per heavy atom. The fraction of sp³-hybridized carbons (Fsp3) is 0.333. The molecule has 2 aliphatic heterocycles. The summed E-state index contributed by atoms with van der Waals surface area (Å²) in [6, 6.07) is 11.2. The van der Waals surface area contributed by atoms with E-state index in [9.17, 15) is 9.59 Å². The second-order valence-corrected chi connectivity index (χ2v) is 6.97. The van der Waals surface area contributed by atoms with Crippen molar-refractivity contribution in [2.24, 2.45) is 5.92 Å². The number of rotatable bonds is 3. The molecule has 2 aliphatic rings. The molecule has 4 rings (SSSR count). The highest BCUT2D eigenvalue weighted by Gasteiger charge is 2.35. The highest BCUT2D eigenvalue weighted by atomic mass is 16.6. The van der Waals surface area contributed by atoms with E-state index in [0.29, 0.717) is 31.3 Å². The van der Waals surface area contributed by atoms with Gasteiger partial charge in [-0.25, -0.2) is 0 Å². The molecular formula is C21H22N2O4. The monoisotopic (exact) mass is 366 g/mol. The Balaban J connectivity index is 1.49. The van der Waals surface area contributed by atoms with Gasteiger partial charge < -0.3 is 19.7 Å². The zero-order valence-corrected chi connectivity index (χ0v) is 15.5. The molecule has 1 fully saturated rings. The average molecular weight is 366 g/mol. The van der Waals surface area contributed by atoms with Gasteiger partial charge in [0.05, 0.1) is 5.92 Å². The van der Waals surface area contributed by atoms with Gasteiger partial charge in [-0.15, -0.1) is 0 Å². The second kappa shape index (κ2) is 6.95. The summed E-state index contributed by atoms with van der Waals surface area (Å²) in [5.41, 5.74) is 3.68. The number of fused-ring (bicyclic) bond motifs is 1. The van der Waals surface area contributed by atoms with Gasteiger partial charge in [0.15, 0.2) is 11.5 Å². The molecule has 2 aromatic carbocycles. The Morgan fingerprint density at radius 1 is 1.11 bits per heavy atom. The molecule has 27 heavy (non-hydrogen) atoms. The number of hydrogen-bond donors (Lipinski definition) is 1. The van der Waals surface area contributed by atoms with Crippen LogP contribution in [0.1, 0.15) is 17.5 Å². The van der Waals surface area contributed by atoms with Crippen molar-refractivity contribution in [3.05, 3.63) is 47.5 Å². The Labute approximate surface area is 158 Å². The Hall–Kier alpha value is -3.02. The lowest BCUT2D eigenvalue weighted by Gasteiger charge is -2.22. The largest absolute Gasteiger partial charge is 0.486 e. The summed E-state index contributed by atoms with van der Waals surface area (Å²) in [5, 5.41) is 2.97. The smallest absolute Gasteiger partial charge is 0.229 e. The number of carbonyl (C=O) groups excluding carboxylic acids is 2. The quantitative estimate of drug-likeness (QED) is 0.907. The topological polar surface area (TPSA) is 67.9 Å². The first-order valence-corrected chi connectivity index (χ1v) is 9.10. The van der Waals surface area contributed by atoms with Gasteiger partial charge in [-0.1, -0.05) is 12.1 Å². The number of ether oxygens (including phenoxy) is 2. The second-order valence-electron chi connectivity index (χ2n) is 6.97. The molecule has 140 valence electrons. The lowest BCUT2D eigenvalue weighted by atomic mass is 10.1. The van der Waals surface area contributed by atoms with E-state index in [-0.39, 0.29) is 24.2 Å². The van der Waals surface area contributed by atoms with Crippen molar-refractivity contribution in [3.63, 3.8) is 0 Å². The van der Waals surface area contributed by atoms with Crippen molar-refractivity contribution in [2.45, 2.75) is 20.3 Å². The van der Waals surface area contributed by atoms with E-state index < -0.39 is 0 Å². The number of nitrogens with zero attached hydrogens (tertiary/aromatic N) is 1. The van der Waals surface area contributed by atoms with Crippen LogP contribution < -0.4 is 19.7 Å². The molecule has 0 aliphatic carbocycles. The first-order chi connectivity index (χ1) is 13.0. The number of benzene rings is 2. The van der Waals surface area contributed by atoms with Crippen LogP contribution in [0.25, 0.3) is 0 Å². The zero-order valence-electron chi connectivity index (χ0n) is 15.5. The number of anilines is 2. The van der Waals surface area contributed by atoms with Crippen LogP contribution in [0.2, 0.25) is 0 Å². The molecule has 6 heteroatoms. The van der Waals surface area contributed by atoms with Crippen molar-refractivity contribution >= 4 is 23.2 Å². The summed E-state index contributed by atoms with van der Waals surface area (Å²) < 4.78 is 11.1. The minimum atomic E-state index is -0.384. The molecule has 1 atom stereocenters. The van der Waals surface area contributed by atoms with Crippen LogP contribution in [-0.2, 0) is 9.59 Å². The van der Waals surface area contributed by atoms with Gasteiger partial charge in [0, 0.05) is 30.4 Å². The molecule has 0 radical (unpaired) electrons. The van der Waals surface area contributed by atoms with Gasteiger partial charge in [0.1, 0.15) is 13.2 Å². The van der Waals surface area contributed by atoms with Crippen molar-refractivity contribution in [2.75, 3.05) is 30.0 Å². The lowest BCUT2D eigenvalue weighted by Crippen LogP contribution is -2.28. The Morgan fingerprint density at radius 2 is 1.89 bits per heavy atom. The minimum absolute atomic E-state index is 0.0622. The van der Waals surface area contributed by atoms with Gasteiger partial charge in [0.2, 0.25) is 11.8 Å². The average Bonchev–Trinajstić information content (AvgIpc) is 3.07. The van der Waals surface area contributed by atoms with Gasteiger partial charge in [-0.05, 0) is 43.2 Å². The maximum absolute atomic E-state index is 12.7. The maximum atomic E-state index is 12.7. The molecule has 1 N–H and O–H groups in total. The Kier molecular flexibility index (Phi) is 4.48. The van der Waals surface area contributed by atoms with Crippen molar-refractivity contribution in [1.82, 2.24) is 0 Å². The van der Waals surface area contributed by atoms with Crippen LogP contribution in [0.15, 0.2) is 36.4 Å². The van der Waals surface area contributed by atoms with E-state index >= 15 is 0 Å². The summed E-state index contributed by atoms with van der Waals surface area (Å²) in [6.07, 6.45) is 0.200. The summed E-state index contributed by atoms with van der Waals surface area (Å²) in [5.74, 6) is 0.742. The number of hydrogen-bond acceptors (Lipinski definition) is 4. The molecule has 6 nitrogen and oxygen atoms in total. The molecule has 2 aromatic rings. The van der Waals surface area contributed by atoms with Crippen molar-refractivity contribution in [1.29, 1.82) is 0 Å². The summed E-state index contributed by atoms with van der Waals surface area (Å²) in [4.78, 5) is 26.8. The SMILES string of the molecule is Cc1cccc(NC(=O)C2CC(=O)N(c3ccc4c(c3)OCCO4)C2)c1C. The lowest BCUT2D eigenvalue weighted by molar-refractivity contribution is -0.122. The fourth-order valence-corrected chi connectivity index (χ4v) is 3.45. The van der Waals surface area contributed by atoms with Crippen LogP contribution in [0.5, 0.6) is 11.5 Å². The first kappa shape index (κ1) is 17.4. The van der Waals surface area contributed by atoms with Gasteiger partial charge in [-0.3, -0.25) is 9.59 Å². The van der Waals surface area contributed by atoms with Crippen LogP contribution >= 0.6 is 0 Å². The number of aryl methyl sites for hydroxylation is 1. The molecule has 0 aromatic heterocycles. The van der Waals surface area contributed by atoms with Crippen LogP contribution in [0.4, 0.5) is 11.4 Å². The first-order valence-electron chi connectivity index (χ1n) is 9.10. The van der Waals surface area contributed by atoms with Gasteiger partial charge >= 0.3 is 0 Å². The third kappa shape index (κ3) is 3.35. The van der Waals surface area contributed by atoms with Gasteiger partial charge in [-0.2, -0.15) is 0 Å². The Bertz CT molecular complexity index is 909. The molecule has 0 saturated carbocycles. The highest BCUT2D eigenvalue weighted by Crippen LogP contribution is 2.36. The number of nitrogens with one attached hydrogen (secondary N) is 1. The van der Waals surface area contributed by atoms with Crippen molar-refractivity contribution < 1.29 is 19.1 Å². The maximum Gasteiger partial charge on any atom is 0.229 e. The molecule has 2 amide bonds. The van der Waals surface area contributed by atoms with E-state index in [0.717, 1.165) is 22.5 Å². The van der Waals surface area contributed by atoms with E-state index in [1.807, 2.05) is 38.1 Å². The third-order valence-corrected chi connectivity index (χ3v) is 5.20. The fourth-order valence-electron chi connectivity index (χ4n) is 3.45. The van der Waals surface area contributed by atoms with Gasteiger partial charge in [0.25, 0.3) is 0 Å². The highest BCUT2D eigenvalue weighted by molar-refractivity contribution is 6.03. The normalized spacial score (nSPS) is 18.5. The summed E-state index contributed by atoms with van der Waals surface area (Å²) in [6.45, 7) is 5.36. The van der Waals surface area contributed by atoms with E-state index in [4.69, 9.17) is 9.47 Å². The third-order valence-electron chi connectivity index (χ3n) is 5.20. The van der Waals surface area contributed by atoms with Crippen LogP contribution in [0, 0.1) is 19.8 Å². The summed E-state index contributed by atoms with van der Waals surface area (Å²) in [7, 11) is 0. The molecule has 0 spiro atoms. The predicted molar refractivity (Wildman–Crippen MR) is 102 cm³/mol. The molecule has 2 heterocycles. The number of carbonyl (C=O) groups is 2. The molecular weight excluding hydrogens is 344 g/mol. The standard InChI is InChI=1S/C21H22N2O4/c1-13-4-3-5-17(14(13)2)22-21(25)15-10-20(24)23(12-15)16-6-7-18-19(11-16)27-9-8-26-18/h3-7,11,15H,8-10,12H2,1-2H3,(H,22,25). The summed E-state index contributed by atoms with van der Waals surface area (Å²) >= 11 is 0. The zero-order chi connectivity index (χ0) is 19.0.